The number of nitrogens with zero attached hydrogens (tertiary/aromatic N) is 2. The Bertz CT molecular complexity index is 313. The van der Waals surface area contributed by atoms with Crippen LogP contribution in [0.1, 0.15) is 26.2 Å². The summed E-state index contributed by atoms with van der Waals surface area (Å²) in [5, 5.41) is 3.26. The molecule has 2 rings (SSSR count). The Morgan fingerprint density at radius 1 is 1.35 bits per heavy atom. The Kier molecular flexibility index (Phi) is 3.66. The highest BCUT2D eigenvalue weighted by atomic mass is 16.2. The molecule has 2 aliphatic rings. The van der Waals surface area contributed by atoms with Crippen molar-refractivity contribution in [1.82, 2.24) is 15.1 Å². The summed E-state index contributed by atoms with van der Waals surface area (Å²) in [7, 11) is 1.86. The predicted octanol–water partition coefficient (Wildman–Crippen LogP) is -0.182. The summed E-state index contributed by atoms with van der Waals surface area (Å²) in [5.74, 6) is 0.116. The Morgan fingerprint density at radius 3 is 2.71 bits per heavy atom. The van der Waals surface area contributed by atoms with Crippen LogP contribution in [-0.4, -0.2) is 60.4 Å². The Morgan fingerprint density at radius 2 is 2.12 bits per heavy atom. The fraction of sp³-hybridized carbons (Fsp3) is 0.833. The minimum Gasteiger partial charge on any atom is -0.340 e. The minimum atomic E-state index is -0.224. The van der Waals surface area contributed by atoms with E-state index >= 15 is 0 Å². The lowest BCUT2D eigenvalue weighted by molar-refractivity contribution is -0.143. The van der Waals surface area contributed by atoms with E-state index in [4.69, 9.17) is 0 Å². The van der Waals surface area contributed by atoms with Crippen molar-refractivity contribution >= 4 is 11.8 Å². The van der Waals surface area contributed by atoms with E-state index in [2.05, 4.69) is 5.32 Å². The third kappa shape index (κ3) is 2.44. The molecule has 0 aromatic rings. The second-order valence-corrected chi connectivity index (χ2v) is 4.97. The summed E-state index contributed by atoms with van der Waals surface area (Å²) in [6, 6.07) is 0.0648. The minimum absolute atomic E-state index is 0.0128. The number of hydrogen-bond acceptors (Lipinski definition) is 3. The van der Waals surface area contributed by atoms with Gasteiger partial charge in [0.1, 0.15) is 6.04 Å². The highest BCUT2D eigenvalue weighted by Crippen LogP contribution is 2.20. The Balaban J connectivity index is 2.00. The first-order chi connectivity index (χ1) is 8.11. The lowest BCUT2D eigenvalue weighted by Crippen LogP contribution is -2.49. The Labute approximate surface area is 102 Å². The van der Waals surface area contributed by atoms with Crippen LogP contribution in [0.2, 0.25) is 0 Å². The van der Waals surface area contributed by atoms with E-state index < -0.39 is 0 Å². The third-order valence-corrected chi connectivity index (χ3v) is 3.87. The van der Waals surface area contributed by atoms with Crippen molar-refractivity contribution in [2.75, 3.05) is 26.7 Å². The zero-order valence-corrected chi connectivity index (χ0v) is 10.6. The molecule has 2 aliphatic heterocycles. The summed E-state index contributed by atoms with van der Waals surface area (Å²) in [6.07, 6.45) is 2.75. The maximum Gasteiger partial charge on any atom is 0.245 e. The largest absolute Gasteiger partial charge is 0.340 e. The normalized spacial score (nSPS) is 28.5. The number of rotatable bonds is 2. The number of carbonyl (C=O) groups is 2. The van der Waals surface area contributed by atoms with Gasteiger partial charge in [0.2, 0.25) is 11.8 Å². The summed E-state index contributed by atoms with van der Waals surface area (Å²) >= 11 is 0. The van der Waals surface area contributed by atoms with Crippen molar-refractivity contribution < 1.29 is 9.59 Å². The standard InChI is InChI=1S/C12H21N3O2/c1-9(16)15-7-3-4-11(15)12(17)14(2)10-5-6-13-8-10/h10-11,13H,3-8H2,1-2H3/t10-,11-/m1/s1. The molecule has 2 amide bonds. The molecule has 1 N–H and O–H groups in total. The van der Waals surface area contributed by atoms with Crippen LogP contribution >= 0.6 is 0 Å². The van der Waals surface area contributed by atoms with Crippen molar-refractivity contribution in [2.45, 2.75) is 38.3 Å². The summed E-state index contributed by atoms with van der Waals surface area (Å²) in [4.78, 5) is 27.3. The molecule has 2 atom stereocenters. The fourth-order valence-corrected chi connectivity index (χ4v) is 2.79. The van der Waals surface area contributed by atoms with Gasteiger partial charge in [-0.3, -0.25) is 9.59 Å². The van der Waals surface area contributed by atoms with E-state index in [0.717, 1.165) is 38.9 Å². The van der Waals surface area contributed by atoms with Crippen molar-refractivity contribution in [3.05, 3.63) is 0 Å². The van der Waals surface area contributed by atoms with Crippen LogP contribution in [0.15, 0.2) is 0 Å². The second kappa shape index (κ2) is 5.04. The average Bonchev–Trinajstić information content (AvgIpc) is 2.97. The van der Waals surface area contributed by atoms with Gasteiger partial charge < -0.3 is 15.1 Å². The average molecular weight is 239 g/mol. The van der Waals surface area contributed by atoms with Crippen molar-refractivity contribution in [3.63, 3.8) is 0 Å². The number of hydrogen-bond donors (Lipinski definition) is 1. The molecule has 0 bridgehead atoms. The number of nitrogens with one attached hydrogen (secondary N) is 1. The van der Waals surface area contributed by atoms with Crippen LogP contribution in [0.5, 0.6) is 0 Å². The van der Waals surface area contributed by atoms with Gasteiger partial charge in [-0.2, -0.15) is 0 Å². The van der Waals surface area contributed by atoms with Crippen LogP contribution in [-0.2, 0) is 9.59 Å². The monoisotopic (exact) mass is 239 g/mol. The lowest BCUT2D eigenvalue weighted by Gasteiger charge is -2.30. The zero-order chi connectivity index (χ0) is 12.4. The van der Waals surface area contributed by atoms with Gasteiger partial charge >= 0.3 is 0 Å². The molecule has 0 aromatic carbocycles. The quantitative estimate of drug-likeness (QED) is 0.727. The van der Waals surface area contributed by atoms with E-state index in [0.29, 0.717) is 0 Å². The van der Waals surface area contributed by atoms with Crippen LogP contribution in [0.3, 0.4) is 0 Å². The highest BCUT2D eigenvalue weighted by Gasteiger charge is 2.36. The highest BCUT2D eigenvalue weighted by molar-refractivity contribution is 5.87. The van der Waals surface area contributed by atoms with E-state index in [-0.39, 0.29) is 23.9 Å². The van der Waals surface area contributed by atoms with E-state index in [9.17, 15) is 9.59 Å². The van der Waals surface area contributed by atoms with Crippen molar-refractivity contribution in [1.29, 1.82) is 0 Å². The number of carbonyl (C=O) groups excluding carboxylic acids is 2. The third-order valence-electron chi connectivity index (χ3n) is 3.87. The van der Waals surface area contributed by atoms with Crippen LogP contribution < -0.4 is 5.32 Å². The van der Waals surface area contributed by atoms with E-state index in [1.54, 1.807) is 11.8 Å². The maximum absolute atomic E-state index is 12.4. The summed E-state index contributed by atoms with van der Waals surface area (Å²) in [6.45, 7) is 4.11. The van der Waals surface area contributed by atoms with E-state index in [1.165, 1.54) is 0 Å². The molecule has 2 heterocycles. The van der Waals surface area contributed by atoms with Gasteiger partial charge in [-0.1, -0.05) is 0 Å². The smallest absolute Gasteiger partial charge is 0.245 e. The van der Waals surface area contributed by atoms with Gasteiger partial charge in [0, 0.05) is 33.1 Å². The van der Waals surface area contributed by atoms with Gasteiger partial charge in [0.05, 0.1) is 0 Å². The first-order valence-electron chi connectivity index (χ1n) is 6.36. The first-order valence-corrected chi connectivity index (χ1v) is 6.36. The number of likely N-dealkylation sites (N-methyl/N-ethyl adjacent to an activating group) is 1. The zero-order valence-electron chi connectivity index (χ0n) is 10.6. The number of amides is 2. The molecule has 96 valence electrons. The molecule has 0 spiro atoms. The first kappa shape index (κ1) is 12.4. The molecular weight excluding hydrogens is 218 g/mol. The van der Waals surface area contributed by atoms with Crippen molar-refractivity contribution in [3.8, 4) is 0 Å². The molecular formula is C12H21N3O2. The number of likely N-dealkylation sites (tertiary alicyclic amines) is 1. The van der Waals surface area contributed by atoms with E-state index in [1.807, 2.05) is 11.9 Å². The van der Waals surface area contributed by atoms with Crippen LogP contribution in [0.25, 0.3) is 0 Å². The molecule has 0 aromatic heterocycles. The predicted molar refractivity (Wildman–Crippen MR) is 64.5 cm³/mol. The van der Waals surface area contributed by atoms with Gasteiger partial charge in [0.15, 0.2) is 0 Å². The van der Waals surface area contributed by atoms with Gasteiger partial charge in [-0.05, 0) is 25.8 Å². The molecule has 2 fully saturated rings. The maximum atomic E-state index is 12.4. The fourth-order valence-electron chi connectivity index (χ4n) is 2.79. The van der Waals surface area contributed by atoms with Gasteiger partial charge in [0.25, 0.3) is 0 Å². The second-order valence-electron chi connectivity index (χ2n) is 4.97. The SMILES string of the molecule is CC(=O)N1CCC[C@@H]1C(=O)N(C)[C@@H]1CCNC1. The van der Waals surface area contributed by atoms with Crippen LogP contribution in [0, 0.1) is 0 Å². The van der Waals surface area contributed by atoms with Gasteiger partial charge in [-0.25, -0.2) is 0 Å². The van der Waals surface area contributed by atoms with Gasteiger partial charge in [-0.15, -0.1) is 0 Å². The molecule has 0 saturated carbocycles. The summed E-state index contributed by atoms with van der Waals surface area (Å²) < 4.78 is 0. The van der Waals surface area contributed by atoms with Crippen LogP contribution in [0.4, 0.5) is 0 Å². The Hall–Kier alpha value is -1.10. The molecule has 0 radical (unpaired) electrons. The summed E-state index contributed by atoms with van der Waals surface area (Å²) in [5.41, 5.74) is 0. The topological polar surface area (TPSA) is 52.7 Å². The lowest BCUT2D eigenvalue weighted by atomic mass is 10.1. The molecule has 5 nitrogen and oxygen atoms in total. The molecule has 0 aliphatic carbocycles. The van der Waals surface area contributed by atoms with Crippen molar-refractivity contribution in [2.24, 2.45) is 0 Å². The molecule has 0 unspecified atom stereocenters. The molecule has 2 saturated heterocycles. The molecule has 5 heteroatoms. The molecule has 17 heavy (non-hydrogen) atoms.